The maximum absolute atomic E-state index is 6.18. The number of thiazole rings is 1. The van der Waals surface area contributed by atoms with Gasteiger partial charge in [-0.2, -0.15) is 0 Å². The third-order valence-corrected chi connectivity index (χ3v) is 5.78. The molecule has 160 valence electrons. The number of nitrogens with zero attached hydrogens (tertiary/aromatic N) is 2. The van der Waals surface area contributed by atoms with Crippen molar-refractivity contribution in [1.82, 2.24) is 15.6 Å². The van der Waals surface area contributed by atoms with Gasteiger partial charge in [-0.1, -0.05) is 6.07 Å². The molecule has 0 unspecified atom stereocenters. The molecule has 0 aliphatic heterocycles. The number of guanidine groups is 1. The van der Waals surface area contributed by atoms with Gasteiger partial charge in [-0.25, -0.2) is 4.98 Å². The summed E-state index contributed by atoms with van der Waals surface area (Å²) in [5, 5.41) is 7.85. The molecule has 0 atom stereocenters. The number of halogens is 1. The lowest BCUT2D eigenvalue weighted by Gasteiger charge is -2.17. The van der Waals surface area contributed by atoms with Crippen LogP contribution in [0.25, 0.3) is 0 Å². The number of nitrogens with one attached hydrogen (secondary N) is 2. The van der Waals surface area contributed by atoms with Gasteiger partial charge in [0.05, 0.1) is 18.2 Å². The molecule has 0 saturated heterocycles. The van der Waals surface area contributed by atoms with Gasteiger partial charge in [0.25, 0.3) is 0 Å². The van der Waals surface area contributed by atoms with Gasteiger partial charge in [0.1, 0.15) is 0 Å². The van der Waals surface area contributed by atoms with Gasteiger partial charge in [-0.05, 0) is 50.3 Å². The first-order valence-electron chi connectivity index (χ1n) is 9.87. The Kier molecular flexibility index (Phi) is 9.99. The third kappa shape index (κ3) is 7.33. The largest absolute Gasteiger partial charge is 0.493 e. The Labute approximate surface area is 194 Å². The molecule has 2 aromatic rings. The molecule has 1 fully saturated rings. The number of methoxy groups -OCH3 is 1. The first-order chi connectivity index (χ1) is 13.7. The SMILES string of the molecule is CN=C(NCCc1ncc(C)s1)NCc1ccc(OC)c(OC2CCCC2)c1.I. The van der Waals surface area contributed by atoms with Crippen molar-refractivity contribution in [3.63, 3.8) is 0 Å². The van der Waals surface area contributed by atoms with E-state index in [4.69, 9.17) is 9.47 Å². The van der Waals surface area contributed by atoms with Crippen LogP contribution in [0.1, 0.15) is 41.1 Å². The van der Waals surface area contributed by atoms with E-state index in [1.165, 1.54) is 17.7 Å². The van der Waals surface area contributed by atoms with Crippen LogP contribution in [0.2, 0.25) is 0 Å². The van der Waals surface area contributed by atoms with E-state index in [0.717, 1.165) is 53.8 Å². The van der Waals surface area contributed by atoms with Gasteiger partial charge >= 0.3 is 0 Å². The van der Waals surface area contributed by atoms with E-state index < -0.39 is 0 Å². The monoisotopic (exact) mass is 530 g/mol. The van der Waals surface area contributed by atoms with Crippen LogP contribution in [0, 0.1) is 6.92 Å². The zero-order valence-corrected chi connectivity index (χ0v) is 20.5. The molecule has 0 radical (unpaired) electrons. The zero-order chi connectivity index (χ0) is 19.8. The second-order valence-electron chi connectivity index (χ2n) is 6.98. The van der Waals surface area contributed by atoms with E-state index in [9.17, 15) is 0 Å². The number of aliphatic imine (C=N–C) groups is 1. The number of aromatic nitrogens is 1. The van der Waals surface area contributed by atoms with Gasteiger partial charge in [0.2, 0.25) is 0 Å². The van der Waals surface area contributed by atoms with E-state index in [0.29, 0.717) is 12.6 Å². The number of hydrogen-bond donors (Lipinski definition) is 2. The molecule has 1 saturated carbocycles. The molecule has 0 amide bonds. The molecule has 1 aromatic carbocycles. The molecule has 0 bridgehead atoms. The van der Waals surface area contributed by atoms with E-state index >= 15 is 0 Å². The van der Waals surface area contributed by atoms with E-state index in [-0.39, 0.29) is 24.0 Å². The second kappa shape index (κ2) is 12.2. The van der Waals surface area contributed by atoms with Crippen LogP contribution < -0.4 is 20.1 Å². The fourth-order valence-corrected chi connectivity index (χ4v) is 4.11. The number of benzene rings is 1. The van der Waals surface area contributed by atoms with Crippen molar-refractivity contribution in [1.29, 1.82) is 0 Å². The zero-order valence-electron chi connectivity index (χ0n) is 17.4. The van der Waals surface area contributed by atoms with Crippen molar-refractivity contribution < 1.29 is 9.47 Å². The fraction of sp³-hybridized carbons (Fsp3) is 0.524. The number of rotatable bonds is 8. The van der Waals surface area contributed by atoms with Gasteiger partial charge in [0.15, 0.2) is 17.5 Å². The Bertz CT molecular complexity index is 791. The van der Waals surface area contributed by atoms with Crippen molar-refractivity contribution in [3.8, 4) is 11.5 Å². The fourth-order valence-electron chi connectivity index (χ4n) is 3.32. The van der Waals surface area contributed by atoms with Gasteiger partial charge < -0.3 is 20.1 Å². The summed E-state index contributed by atoms with van der Waals surface area (Å²) >= 11 is 1.74. The Hall–Kier alpha value is -1.55. The first-order valence-corrected chi connectivity index (χ1v) is 10.7. The van der Waals surface area contributed by atoms with Crippen LogP contribution in [0.3, 0.4) is 0 Å². The Morgan fingerprint density at radius 2 is 2.03 bits per heavy atom. The summed E-state index contributed by atoms with van der Waals surface area (Å²) in [7, 11) is 3.47. The van der Waals surface area contributed by atoms with Crippen molar-refractivity contribution in [3.05, 3.63) is 39.8 Å². The molecule has 8 heteroatoms. The molecule has 1 aliphatic carbocycles. The molecular weight excluding hydrogens is 499 g/mol. The maximum Gasteiger partial charge on any atom is 0.191 e. The molecule has 3 rings (SSSR count). The Balaban J connectivity index is 0.00000300. The average Bonchev–Trinajstić information content (AvgIpc) is 3.36. The Morgan fingerprint density at radius 3 is 2.69 bits per heavy atom. The second-order valence-corrected chi connectivity index (χ2v) is 8.30. The van der Waals surface area contributed by atoms with Crippen molar-refractivity contribution >= 4 is 41.3 Å². The maximum atomic E-state index is 6.18. The molecule has 1 aromatic heterocycles. The highest BCUT2D eigenvalue weighted by molar-refractivity contribution is 14.0. The van der Waals surface area contributed by atoms with Crippen LogP contribution >= 0.6 is 35.3 Å². The van der Waals surface area contributed by atoms with E-state index in [2.05, 4.69) is 39.7 Å². The first kappa shape index (κ1) is 23.7. The topological polar surface area (TPSA) is 67.8 Å². The highest BCUT2D eigenvalue weighted by Gasteiger charge is 2.18. The normalized spacial score (nSPS) is 14.4. The molecule has 29 heavy (non-hydrogen) atoms. The van der Waals surface area contributed by atoms with Crippen LogP contribution in [0.5, 0.6) is 11.5 Å². The average molecular weight is 530 g/mol. The molecule has 0 spiro atoms. The molecule has 1 aliphatic rings. The summed E-state index contributed by atoms with van der Waals surface area (Å²) in [4.78, 5) is 9.94. The van der Waals surface area contributed by atoms with Gasteiger partial charge in [-0.3, -0.25) is 4.99 Å². The van der Waals surface area contributed by atoms with Gasteiger partial charge in [0, 0.05) is 37.6 Å². The minimum absolute atomic E-state index is 0. The molecule has 2 N–H and O–H groups in total. The summed E-state index contributed by atoms with van der Waals surface area (Å²) in [5.41, 5.74) is 1.13. The third-order valence-electron chi connectivity index (χ3n) is 4.81. The predicted octanol–water partition coefficient (Wildman–Crippen LogP) is 4.31. The van der Waals surface area contributed by atoms with E-state index in [1.807, 2.05) is 12.3 Å². The highest BCUT2D eigenvalue weighted by Crippen LogP contribution is 2.32. The summed E-state index contributed by atoms with van der Waals surface area (Å²) in [6.45, 7) is 3.54. The van der Waals surface area contributed by atoms with Crippen molar-refractivity contribution in [2.45, 2.75) is 51.7 Å². The summed E-state index contributed by atoms with van der Waals surface area (Å²) in [6.07, 6.45) is 7.86. The standard InChI is InChI=1S/C21H30N4O2S.HI/c1-15-13-24-20(28-15)10-11-23-21(22-2)25-14-16-8-9-18(26-3)19(12-16)27-17-6-4-5-7-17;/h8-9,12-13,17H,4-7,10-11,14H2,1-3H3,(H2,22,23,25);1H. The summed E-state index contributed by atoms with van der Waals surface area (Å²) in [5.74, 6) is 2.40. The number of ether oxygens (including phenoxy) is 2. The van der Waals surface area contributed by atoms with Crippen LogP contribution in [-0.4, -0.2) is 37.7 Å². The molecule has 1 heterocycles. The van der Waals surface area contributed by atoms with Crippen LogP contribution in [0.4, 0.5) is 0 Å². The van der Waals surface area contributed by atoms with Crippen molar-refractivity contribution in [2.24, 2.45) is 4.99 Å². The van der Waals surface area contributed by atoms with Crippen LogP contribution in [0.15, 0.2) is 29.4 Å². The quantitative estimate of drug-likeness (QED) is 0.303. The lowest BCUT2D eigenvalue weighted by atomic mass is 10.2. The van der Waals surface area contributed by atoms with E-state index in [1.54, 1.807) is 25.5 Å². The Morgan fingerprint density at radius 1 is 1.24 bits per heavy atom. The number of aryl methyl sites for hydroxylation is 1. The smallest absolute Gasteiger partial charge is 0.191 e. The summed E-state index contributed by atoms with van der Waals surface area (Å²) < 4.78 is 11.7. The lowest BCUT2D eigenvalue weighted by molar-refractivity contribution is 0.200. The van der Waals surface area contributed by atoms with Gasteiger partial charge in [-0.15, -0.1) is 35.3 Å². The minimum Gasteiger partial charge on any atom is -0.493 e. The van der Waals surface area contributed by atoms with Crippen molar-refractivity contribution in [2.75, 3.05) is 20.7 Å². The highest BCUT2D eigenvalue weighted by atomic mass is 127. The minimum atomic E-state index is 0. The molecule has 6 nitrogen and oxygen atoms in total. The molecular formula is C21H31IN4O2S. The number of hydrogen-bond acceptors (Lipinski definition) is 5. The van der Waals surface area contributed by atoms with Crippen LogP contribution in [-0.2, 0) is 13.0 Å². The predicted molar refractivity (Wildman–Crippen MR) is 130 cm³/mol. The lowest BCUT2D eigenvalue weighted by Crippen LogP contribution is -2.37. The summed E-state index contributed by atoms with van der Waals surface area (Å²) in [6, 6.07) is 6.09.